The van der Waals surface area contributed by atoms with E-state index in [1.807, 2.05) is 0 Å². The van der Waals surface area contributed by atoms with Gasteiger partial charge >= 0.3 is 0 Å². The summed E-state index contributed by atoms with van der Waals surface area (Å²) in [5, 5.41) is 0. The predicted molar refractivity (Wildman–Crippen MR) is 78.4 cm³/mol. The Morgan fingerprint density at radius 3 is 1.87 bits per heavy atom. The van der Waals surface area contributed by atoms with Gasteiger partial charge in [0, 0.05) is 0 Å². The summed E-state index contributed by atoms with van der Waals surface area (Å²) in [5.74, 6) is 0. The van der Waals surface area contributed by atoms with Crippen molar-refractivity contribution in [1.29, 1.82) is 0 Å². The SMILES string of the molecule is CCCCCCCC[Si](Cl)(Br)CCCC. The lowest BCUT2D eigenvalue weighted by Gasteiger charge is -2.16. The Labute approximate surface area is 109 Å². The van der Waals surface area contributed by atoms with Gasteiger partial charge in [0.1, 0.15) is 0 Å². The van der Waals surface area contributed by atoms with Crippen molar-refractivity contribution in [2.75, 3.05) is 0 Å². The number of hydrogen-bond donors (Lipinski definition) is 0. The van der Waals surface area contributed by atoms with Crippen molar-refractivity contribution in [3.05, 3.63) is 0 Å². The van der Waals surface area contributed by atoms with Gasteiger partial charge in [-0.2, -0.15) is 11.1 Å². The molecule has 0 aromatic carbocycles. The Kier molecular flexibility index (Phi) is 10.8. The molecule has 0 nitrogen and oxygen atoms in total. The second-order valence-corrected chi connectivity index (χ2v) is 15.3. The second kappa shape index (κ2) is 10.2. The van der Waals surface area contributed by atoms with E-state index in [1.165, 1.54) is 63.5 Å². The Hall–Kier alpha value is 0.987. The van der Waals surface area contributed by atoms with Crippen molar-refractivity contribution in [3.8, 4) is 0 Å². The molecule has 0 heterocycles. The first-order valence-electron chi connectivity index (χ1n) is 6.50. The van der Waals surface area contributed by atoms with Crippen molar-refractivity contribution in [1.82, 2.24) is 0 Å². The average Bonchev–Trinajstić information content (AvgIpc) is 2.20. The average molecular weight is 314 g/mol. The zero-order chi connectivity index (χ0) is 11.6. The van der Waals surface area contributed by atoms with Crippen LogP contribution in [0.5, 0.6) is 0 Å². The number of hydrogen-bond acceptors (Lipinski definition) is 0. The van der Waals surface area contributed by atoms with Crippen LogP contribution in [0.25, 0.3) is 0 Å². The largest absolute Gasteiger partial charge is 0.226 e. The van der Waals surface area contributed by atoms with Gasteiger partial charge in [0.2, 0.25) is 6.00 Å². The molecule has 1 atom stereocenters. The molecule has 0 aliphatic heterocycles. The summed E-state index contributed by atoms with van der Waals surface area (Å²) in [5.41, 5.74) is 0. The molecule has 0 N–H and O–H groups in total. The molecule has 0 aliphatic rings. The van der Waals surface area contributed by atoms with E-state index in [4.69, 9.17) is 11.1 Å². The molecule has 0 radical (unpaired) electrons. The monoisotopic (exact) mass is 312 g/mol. The van der Waals surface area contributed by atoms with Crippen LogP contribution in [0.2, 0.25) is 12.1 Å². The van der Waals surface area contributed by atoms with Crippen LogP contribution in [0.1, 0.15) is 65.2 Å². The fourth-order valence-corrected chi connectivity index (χ4v) is 6.10. The van der Waals surface area contributed by atoms with Gasteiger partial charge in [-0.1, -0.05) is 65.2 Å². The van der Waals surface area contributed by atoms with Gasteiger partial charge in [0.05, 0.1) is 0 Å². The van der Waals surface area contributed by atoms with E-state index < -0.39 is 6.00 Å². The Bertz CT molecular complexity index is 140. The van der Waals surface area contributed by atoms with Gasteiger partial charge < -0.3 is 0 Å². The molecule has 0 amide bonds. The topological polar surface area (TPSA) is 0 Å². The Morgan fingerprint density at radius 2 is 1.27 bits per heavy atom. The lowest BCUT2D eigenvalue weighted by atomic mass is 10.1. The van der Waals surface area contributed by atoms with Crippen LogP contribution < -0.4 is 0 Å². The fraction of sp³-hybridized carbons (Fsp3) is 1.00. The third-order valence-corrected chi connectivity index (χ3v) is 8.48. The number of halogens is 2. The van der Waals surface area contributed by atoms with E-state index in [1.54, 1.807) is 0 Å². The van der Waals surface area contributed by atoms with E-state index in [2.05, 4.69) is 29.1 Å². The van der Waals surface area contributed by atoms with Crippen LogP contribution in [-0.4, -0.2) is 6.00 Å². The lowest BCUT2D eigenvalue weighted by Crippen LogP contribution is -2.17. The van der Waals surface area contributed by atoms with Crippen LogP contribution in [-0.2, 0) is 0 Å². The Balaban J connectivity index is 3.32. The van der Waals surface area contributed by atoms with E-state index in [-0.39, 0.29) is 0 Å². The minimum Gasteiger partial charge on any atom is -0.152 e. The normalized spacial score (nSPS) is 15.2. The third kappa shape index (κ3) is 11.3. The highest BCUT2D eigenvalue weighted by Gasteiger charge is 2.25. The Morgan fingerprint density at radius 1 is 0.800 bits per heavy atom. The zero-order valence-corrected chi connectivity index (χ0v) is 13.7. The summed E-state index contributed by atoms with van der Waals surface area (Å²) in [7, 11) is 0. The van der Waals surface area contributed by atoms with Crippen LogP contribution in [0, 0.1) is 0 Å². The molecule has 0 spiro atoms. The van der Waals surface area contributed by atoms with Crippen LogP contribution in [0.15, 0.2) is 0 Å². The highest BCUT2D eigenvalue weighted by molar-refractivity contribution is 9.27. The van der Waals surface area contributed by atoms with Crippen LogP contribution in [0.4, 0.5) is 0 Å². The zero-order valence-electron chi connectivity index (χ0n) is 10.3. The van der Waals surface area contributed by atoms with E-state index in [0.717, 1.165) is 0 Å². The standard InChI is InChI=1S/C12H26BrClSi/c1-3-5-7-8-9-10-12-15(13,14)11-6-4-2/h3-12H2,1-2H3. The minimum absolute atomic E-state index is 1.24. The van der Waals surface area contributed by atoms with Crippen LogP contribution in [0.3, 0.4) is 0 Å². The molecule has 0 fully saturated rings. The van der Waals surface area contributed by atoms with Gasteiger partial charge in [0.25, 0.3) is 0 Å². The van der Waals surface area contributed by atoms with Crippen LogP contribution >= 0.6 is 26.4 Å². The van der Waals surface area contributed by atoms with Crippen molar-refractivity contribution in [3.63, 3.8) is 0 Å². The predicted octanol–water partition coefficient (Wildman–Crippen LogP) is 6.22. The minimum atomic E-state index is -1.51. The molecular formula is C12H26BrClSi. The molecule has 0 saturated carbocycles. The fourth-order valence-electron chi connectivity index (χ4n) is 1.72. The van der Waals surface area contributed by atoms with E-state index >= 15 is 0 Å². The smallest absolute Gasteiger partial charge is 0.152 e. The van der Waals surface area contributed by atoms with E-state index in [9.17, 15) is 0 Å². The van der Waals surface area contributed by atoms with Gasteiger partial charge in [-0.3, -0.25) is 0 Å². The molecule has 0 saturated heterocycles. The second-order valence-electron chi connectivity index (χ2n) is 4.48. The first-order chi connectivity index (χ1) is 7.12. The highest BCUT2D eigenvalue weighted by atomic mass is 79.9. The van der Waals surface area contributed by atoms with Gasteiger partial charge in [-0.25, -0.2) is 0 Å². The first-order valence-corrected chi connectivity index (χ1v) is 12.2. The van der Waals surface area contributed by atoms with E-state index in [0.29, 0.717) is 0 Å². The molecule has 0 aromatic rings. The maximum atomic E-state index is 6.51. The first kappa shape index (κ1) is 16.0. The highest BCUT2D eigenvalue weighted by Crippen LogP contribution is 2.31. The molecule has 3 heteroatoms. The molecule has 15 heavy (non-hydrogen) atoms. The summed E-state index contributed by atoms with van der Waals surface area (Å²) in [4.78, 5) is 0. The summed E-state index contributed by atoms with van der Waals surface area (Å²) in [6, 6.07) is 0.979. The van der Waals surface area contributed by atoms with Crippen molar-refractivity contribution >= 4 is 32.4 Å². The molecule has 1 unspecified atom stereocenters. The molecule has 92 valence electrons. The molecular weight excluding hydrogens is 288 g/mol. The maximum absolute atomic E-state index is 6.51. The summed E-state index contributed by atoms with van der Waals surface area (Å²) in [6.45, 7) is 4.50. The lowest BCUT2D eigenvalue weighted by molar-refractivity contribution is 0.623. The molecule has 0 bridgehead atoms. The quantitative estimate of drug-likeness (QED) is 0.255. The van der Waals surface area contributed by atoms with Gasteiger partial charge in [-0.15, -0.1) is 15.3 Å². The van der Waals surface area contributed by atoms with Crippen molar-refractivity contribution in [2.45, 2.75) is 77.3 Å². The summed E-state index contributed by atoms with van der Waals surface area (Å²) < 4.78 is 0. The number of rotatable bonds is 10. The third-order valence-electron chi connectivity index (χ3n) is 2.79. The number of unbranched alkanes of at least 4 members (excludes halogenated alkanes) is 6. The van der Waals surface area contributed by atoms with Crippen molar-refractivity contribution < 1.29 is 0 Å². The summed E-state index contributed by atoms with van der Waals surface area (Å²) >= 11 is 10.3. The maximum Gasteiger partial charge on any atom is 0.226 e. The van der Waals surface area contributed by atoms with Gasteiger partial charge in [-0.05, 0) is 12.1 Å². The molecule has 0 aromatic heterocycles. The molecule has 0 rings (SSSR count). The molecule has 0 aliphatic carbocycles. The van der Waals surface area contributed by atoms with Gasteiger partial charge in [0.15, 0.2) is 0 Å². The van der Waals surface area contributed by atoms with Crippen molar-refractivity contribution in [2.24, 2.45) is 0 Å². The summed E-state index contributed by atoms with van der Waals surface area (Å²) in [6.07, 6.45) is 10.8.